The quantitative estimate of drug-likeness (QED) is 0.882. The molecular weight excluding hydrogens is 224 g/mol. The van der Waals surface area contributed by atoms with Crippen LogP contribution in [0.15, 0.2) is 5.38 Å². The van der Waals surface area contributed by atoms with Gasteiger partial charge in [-0.1, -0.05) is 13.8 Å². The summed E-state index contributed by atoms with van der Waals surface area (Å²) >= 11 is 3.85. The Morgan fingerprint density at radius 1 is 1.67 bits per heavy atom. The van der Waals surface area contributed by atoms with Crippen molar-refractivity contribution >= 4 is 23.1 Å². The van der Waals surface area contributed by atoms with E-state index in [2.05, 4.69) is 48.2 Å². The van der Waals surface area contributed by atoms with Crippen molar-refractivity contribution < 1.29 is 0 Å². The standard InChI is InChI=1S/C11H18N2S2/c1-4-12-11(5-9(3)15-7-11)10-13-8(2)6-14-10/h6,9,12H,4-5,7H2,1-3H3. The highest BCUT2D eigenvalue weighted by molar-refractivity contribution is 8.00. The molecule has 0 bridgehead atoms. The molecular formula is C11H18N2S2. The number of thiazole rings is 1. The molecule has 2 heterocycles. The second kappa shape index (κ2) is 4.44. The van der Waals surface area contributed by atoms with Gasteiger partial charge in [0, 0.05) is 22.1 Å². The summed E-state index contributed by atoms with van der Waals surface area (Å²) in [4.78, 5) is 4.66. The highest BCUT2D eigenvalue weighted by Crippen LogP contribution is 2.42. The summed E-state index contributed by atoms with van der Waals surface area (Å²) in [7, 11) is 0. The Morgan fingerprint density at radius 3 is 2.93 bits per heavy atom. The van der Waals surface area contributed by atoms with Crippen LogP contribution in [0.25, 0.3) is 0 Å². The van der Waals surface area contributed by atoms with Crippen molar-refractivity contribution in [3.8, 4) is 0 Å². The summed E-state index contributed by atoms with van der Waals surface area (Å²) in [5, 5.41) is 7.82. The third-order valence-electron chi connectivity index (χ3n) is 2.79. The van der Waals surface area contributed by atoms with Crippen molar-refractivity contribution in [2.24, 2.45) is 0 Å². The van der Waals surface area contributed by atoms with Crippen molar-refractivity contribution in [3.63, 3.8) is 0 Å². The van der Waals surface area contributed by atoms with Gasteiger partial charge in [-0.05, 0) is 19.9 Å². The number of hydrogen-bond donors (Lipinski definition) is 1. The van der Waals surface area contributed by atoms with E-state index in [9.17, 15) is 0 Å². The van der Waals surface area contributed by atoms with Gasteiger partial charge in [-0.25, -0.2) is 4.98 Å². The monoisotopic (exact) mass is 242 g/mol. The number of thioether (sulfide) groups is 1. The molecule has 0 amide bonds. The summed E-state index contributed by atoms with van der Waals surface area (Å²) in [6.45, 7) is 7.58. The van der Waals surface area contributed by atoms with Gasteiger partial charge in [0.05, 0.1) is 5.54 Å². The van der Waals surface area contributed by atoms with Crippen LogP contribution in [0.4, 0.5) is 0 Å². The molecule has 2 unspecified atom stereocenters. The zero-order chi connectivity index (χ0) is 10.9. The van der Waals surface area contributed by atoms with E-state index in [0.717, 1.165) is 23.2 Å². The predicted molar refractivity (Wildman–Crippen MR) is 68.7 cm³/mol. The number of rotatable bonds is 3. The molecule has 0 aromatic carbocycles. The molecule has 1 aromatic rings. The Balaban J connectivity index is 2.26. The average Bonchev–Trinajstić information content (AvgIpc) is 2.75. The summed E-state index contributed by atoms with van der Waals surface area (Å²) in [6, 6.07) is 0. The Kier molecular flexibility index (Phi) is 3.38. The maximum atomic E-state index is 4.66. The summed E-state index contributed by atoms with van der Waals surface area (Å²) in [6.07, 6.45) is 1.21. The summed E-state index contributed by atoms with van der Waals surface area (Å²) in [5.74, 6) is 1.16. The Hall–Kier alpha value is -0.0600. The Labute approximate surface area is 99.9 Å². The highest BCUT2D eigenvalue weighted by atomic mass is 32.2. The molecule has 84 valence electrons. The molecule has 2 nitrogen and oxygen atoms in total. The van der Waals surface area contributed by atoms with Crippen molar-refractivity contribution in [2.75, 3.05) is 12.3 Å². The van der Waals surface area contributed by atoms with Crippen LogP contribution in [-0.2, 0) is 5.54 Å². The van der Waals surface area contributed by atoms with Crippen LogP contribution >= 0.6 is 23.1 Å². The minimum Gasteiger partial charge on any atom is -0.305 e. The highest BCUT2D eigenvalue weighted by Gasteiger charge is 2.41. The first-order valence-corrected chi connectivity index (χ1v) is 7.38. The lowest BCUT2D eigenvalue weighted by atomic mass is 9.97. The van der Waals surface area contributed by atoms with Crippen molar-refractivity contribution in [1.29, 1.82) is 0 Å². The largest absolute Gasteiger partial charge is 0.305 e. The molecule has 0 aliphatic carbocycles. The van der Waals surface area contributed by atoms with Crippen molar-refractivity contribution in [1.82, 2.24) is 10.3 Å². The Morgan fingerprint density at radius 2 is 2.47 bits per heavy atom. The fourth-order valence-corrected chi connectivity index (χ4v) is 4.56. The average molecular weight is 242 g/mol. The molecule has 4 heteroatoms. The number of aromatic nitrogens is 1. The maximum absolute atomic E-state index is 4.66. The summed E-state index contributed by atoms with van der Waals surface area (Å²) < 4.78 is 0. The maximum Gasteiger partial charge on any atom is 0.114 e. The summed E-state index contributed by atoms with van der Waals surface area (Å²) in [5.41, 5.74) is 1.30. The van der Waals surface area contributed by atoms with Gasteiger partial charge in [-0.2, -0.15) is 11.8 Å². The van der Waals surface area contributed by atoms with Crippen LogP contribution in [0.2, 0.25) is 0 Å². The van der Waals surface area contributed by atoms with Crippen molar-refractivity contribution in [2.45, 2.75) is 38.0 Å². The molecule has 0 spiro atoms. The first-order valence-electron chi connectivity index (χ1n) is 5.45. The topological polar surface area (TPSA) is 24.9 Å². The molecule has 2 atom stereocenters. The van der Waals surface area contributed by atoms with Crippen molar-refractivity contribution in [3.05, 3.63) is 16.1 Å². The molecule has 1 saturated heterocycles. The lowest BCUT2D eigenvalue weighted by Crippen LogP contribution is -2.42. The van der Waals surface area contributed by atoms with E-state index in [-0.39, 0.29) is 5.54 Å². The SMILES string of the molecule is CCNC1(c2nc(C)cs2)CSC(C)C1. The van der Waals surface area contributed by atoms with E-state index in [0.29, 0.717) is 0 Å². The lowest BCUT2D eigenvalue weighted by Gasteiger charge is -2.27. The number of nitrogens with zero attached hydrogens (tertiary/aromatic N) is 1. The minimum absolute atomic E-state index is 0.151. The van der Waals surface area contributed by atoms with Gasteiger partial charge in [-0.3, -0.25) is 0 Å². The van der Waals surface area contributed by atoms with Gasteiger partial charge < -0.3 is 5.32 Å². The molecule has 0 radical (unpaired) electrons. The van der Waals surface area contributed by atoms with E-state index in [1.807, 2.05) is 0 Å². The van der Waals surface area contributed by atoms with Gasteiger partial charge in [0.25, 0.3) is 0 Å². The predicted octanol–water partition coefficient (Wildman–Crippen LogP) is 2.78. The third-order valence-corrected chi connectivity index (χ3v) is 5.35. The third kappa shape index (κ3) is 2.22. The van der Waals surface area contributed by atoms with Crippen LogP contribution in [-0.4, -0.2) is 22.5 Å². The minimum atomic E-state index is 0.151. The first-order chi connectivity index (χ1) is 7.16. The molecule has 15 heavy (non-hydrogen) atoms. The molecule has 1 fully saturated rings. The van der Waals surface area contributed by atoms with E-state index < -0.39 is 0 Å². The van der Waals surface area contributed by atoms with Gasteiger partial charge in [0.15, 0.2) is 0 Å². The molecule has 1 aliphatic rings. The van der Waals surface area contributed by atoms with E-state index >= 15 is 0 Å². The van der Waals surface area contributed by atoms with Gasteiger partial charge in [0.1, 0.15) is 5.01 Å². The van der Waals surface area contributed by atoms with Gasteiger partial charge in [0.2, 0.25) is 0 Å². The van der Waals surface area contributed by atoms with Crippen LogP contribution < -0.4 is 5.32 Å². The zero-order valence-corrected chi connectivity index (χ0v) is 11.2. The number of hydrogen-bond acceptors (Lipinski definition) is 4. The zero-order valence-electron chi connectivity index (χ0n) is 9.54. The number of nitrogens with one attached hydrogen (secondary N) is 1. The van der Waals surface area contributed by atoms with E-state index in [1.54, 1.807) is 11.3 Å². The van der Waals surface area contributed by atoms with E-state index in [4.69, 9.17) is 0 Å². The molecule has 1 aliphatic heterocycles. The fourth-order valence-electron chi connectivity index (χ4n) is 2.15. The number of aryl methyl sites for hydroxylation is 1. The van der Waals surface area contributed by atoms with Crippen LogP contribution in [0.3, 0.4) is 0 Å². The lowest BCUT2D eigenvalue weighted by molar-refractivity contribution is 0.371. The second-order valence-corrected chi connectivity index (χ2v) is 6.52. The molecule has 0 saturated carbocycles. The second-order valence-electron chi connectivity index (χ2n) is 4.23. The molecule has 1 N–H and O–H groups in total. The Bertz CT molecular complexity index is 333. The van der Waals surface area contributed by atoms with E-state index in [1.165, 1.54) is 11.4 Å². The van der Waals surface area contributed by atoms with Crippen LogP contribution in [0, 0.1) is 6.92 Å². The van der Waals surface area contributed by atoms with Gasteiger partial charge >= 0.3 is 0 Å². The van der Waals surface area contributed by atoms with Gasteiger partial charge in [-0.15, -0.1) is 11.3 Å². The fraction of sp³-hybridized carbons (Fsp3) is 0.727. The smallest absolute Gasteiger partial charge is 0.114 e. The normalized spacial score (nSPS) is 31.0. The van der Waals surface area contributed by atoms with Crippen LogP contribution in [0.1, 0.15) is 31.0 Å². The molecule has 2 rings (SSSR count). The first kappa shape index (κ1) is 11.4. The van der Waals surface area contributed by atoms with Crippen LogP contribution in [0.5, 0.6) is 0 Å². The molecule has 1 aromatic heterocycles.